The lowest BCUT2D eigenvalue weighted by Gasteiger charge is -2.23. The zero-order valence-corrected chi connectivity index (χ0v) is 11.0. The first kappa shape index (κ1) is 12.6. The summed E-state index contributed by atoms with van der Waals surface area (Å²) in [5.74, 6) is 1.55. The number of rotatable bonds is 2. The van der Waals surface area contributed by atoms with Gasteiger partial charge < -0.3 is 14.8 Å². The predicted molar refractivity (Wildman–Crippen MR) is 67.6 cm³/mol. The molecule has 0 unspecified atom stereocenters. The highest BCUT2D eigenvalue weighted by Gasteiger charge is 2.20. The second kappa shape index (κ2) is 6.19. The lowest BCUT2D eigenvalue weighted by atomic mass is 9.96. The van der Waals surface area contributed by atoms with E-state index < -0.39 is 0 Å². The van der Waals surface area contributed by atoms with Crippen molar-refractivity contribution >= 4 is 17.9 Å². The van der Waals surface area contributed by atoms with Crippen molar-refractivity contribution in [3.63, 3.8) is 0 Å². The largest absolute Gasteiger partial charge is 0.493 e. The Morgan fingerprint density at radius 2 is 2.18 bits per heavy atom. The van der Waals surface area contributed by atoms with Gasteiger partial charge in [0, 0.05) is 11.8 Å². The fraction of sp³-hybridized carbons (Fsp3) is 0.750. The van der Waals surface area contributed by atoms with Gasteiger partial charge in [-0.15, -0.1) is 0 Å². The first-order chi connectivity index (χ1) is 8.25. The topological polar surface area (TPSA) is 47.6 Å². The minimum atomic E-state index is -0.343. The first-order valence-electron chi connectivity index (χ1n) is 6.20. The molecule has 5 heteroatoms. The van der Waals surface area contributed by atoms with Crippen LogP contribution in [0.1, 0.15) is 39.0 Å². The molecule has 17 heavy (non-hydrogen) atoms. The zero-order chi connectivity index (χ0) is 12.1. The molecule has 4 nitrogen and oxygen atoms in total. The molecule has 1 saturated carbocycles. The minimum Gasteiger partial charge on any atom is -0.493 e. The fourth-order valence-electron chi connectivity index (χ4n) is 2.12. The first-order valence-corrected chi connectivity index (χ1v) is 7.19. The van der Waals surface area contributed by atoms with Crippen LogP contribution in [0.15, 0.2) is 10.9 Å². The molecule has 1 fully saturated rings. The van der Waals surface area contributed by atoms with Gasteiger partial charge in [-0.05, 0) is 19.8 Å². The van der Waals surface area contributed by atoms with Gasteiger partial charge in [0.1, 0.15) is 5.76 Å². The van der Waals surface area contributed by atoms with E-state index >= 15 is 0 Å². The highest BCUT2D eigenvalue weighted by Crippen LogP contribution is 2.26. The number of amides is 1. The van der Waals surface area contributed by atoms with E-state index in [4.69, 9.17) is 9.47 Å². The van der Waals surface area contributed by atoms with Crippen molar-refractivity contribution in [1.82, 2.24) is 5.32 Å². The number of carbonyl (C=O) groups is 1. The normalized spacial score (nSPS) is 21.9. The second-order valence-corrected chi connectivity index (χ2v) is 5.48. The summed E-state index contributed by atoms with van der Waals surface area (Å²) in [4.78, 5) is 11.7. The van der Waals surface area contributed by atoms with Crippen LogP contribution in [-0.4, -0.2) is 24.5 Å². The number of allylic oxidation sites excluding steroid dienone is 1. The van der Waals surface area contributed by atoms with Crippen LogP contribution >= 0.6 is 11.8 Å². The van der Waals surface area contributed by atoms with Crippen LogP contribution in [0.2, 0.25) is 0 Å². The molecule has 0 atom stereocenters. The molecule has 1 aliphatic carbocycles. The number of alkyl carbamates (subject to hydrolysis) is 1. The van der Waals surface area contributed by atoms with Crippen molar-refractivity contribution in [1.29, 1.82) is 0 Å². The molecule has 2 rings (SSSR count). The zero-order valence-electron chi connectivity index (χ0n) is 10.2. The standard InChI is InChI=1S/C12H19NO3S/c1-9-11(17-8-7-15-9)16-12(14)13-10-5-3-2-4-6-10/h10H,2-8H2,1H3,(H,13,14). The molecule has 0 aromatic carbocycles. The van der Waals surface area contributed by atoms with E-state index in [-0.39, 0.29) is 12.1 Å². The third-order valence-electron chi connectivity index (χ3n) is 3.04. The van der Waals surface area contributed by atoms with Crippen molar-refractivity contribution in [2.75, 3.05) is 12.4 Å². The second-order valence-electron chi connectivity index (χ2n) is 4.41. The van der Waals surface area contributed by atoms with E-state index in [1.165, 1.54) is 31.0 Å². The summed E-state index contributed by atoms with van der Waals surface area (Å²) in [7, 11) is 0. The minimum absolute atomic E-state index is 0.284. The molecule has 2 aliphatic rings. The summed E-state index contributed by atoms with van der Waals surface area (Å²) in [6.07, 6.45) is 5.47. The van der Waals surface area contributed by atoms with E-state index in [0.717, 1.165) is 18.6 Å². The number of carbonyl (C=O) groups excluding carboxylic acids is 1. The highest BCUT2D eigenvalue weighted by atomic mass is 32.2. The Balaban J connectivity index is 1.80. The fourth-order valence-corrected chi connectivity index (χ4v) is 2.87. The van der Waals surface area contributed by atoms with E-state index in [1.54, 1.807) is 0 Å². The Bertz CT molecular complexity index is 311. The van der Waals surface area contributed by atoms with Gasteiger partial charge in [0.25, 0.3) is 0 Å². The lowest BCUT2D eigenvalue weighted by molar-refractivity contribution is 0.159. The molecule has 0 radical (unpaired) electrons. The summed E-state index contributed by atoms with van der Waals surface area (Å²) in [5.41, 5.74) is 0. The summed E-state index contributed by atoms with van der Waals surface area (Å²) in [5, 5.41) is 3.52. The molecule has 1 N–H and O–H groups in total. The summed E-state index contributed by atoms with van der Waals surface area (Å²) >= 11 is 1.53. The molecule has 0 saturated heterocycles. The van der Waals surface area contributed by atoms with Crippen LogP contribution in [-0.2, 0) is 9.47 Å². The van der Waals surface area contributed by atoms with Gasteiger partial charge in [-0.25, -0.2) is 4.79 Å². The molecule has 0 aromatic heterocycles. The van der Waals surface area contributed by atoms with Crippen LogP contribution in [0, 0.1) is 0 Å². The van der Waals surface area contributed by atoms with Gasteiger partial charge in [0.15, 0.2) is 0 Å². The number of thioether (sulfide) groups is 1. The van der Waals surface area contributed by atoms with Crippen molar-refractivity contribution in [2.24, 2.45) is 0 Å². The lowest BCUT2D eigenvalue weighted by Crippen LogP contribution is -2.36. The van der Waals surface area contributed by atoms with Crippen LogP contribution in [0.3, 0.4) is 0 Å². The predicted octanol–water partition coefficient (Wildman–Crippen LogP) is 3.00. The molecule has 0 aromatic rings. The van der Waals surface area contributed by atoms with Crippen molar-refractivity contribution in [3.05, 3.63) is 10.9 Å². The average molecular weight is 257 g/mol. The van der Waals surface area contributed by atoms with E-state index in [9.17, 15) is 4.79 Å². The van der Waals surface area contributed by atoms with Crippen molar-refractivity contribution < 1.29 is 14.3 Å². The number of ether oxygens (including phenoxy) is 2. The molecule has 96 valence electrons. The maximum Gasteiger partial charge on any atom is 0.413 e. The number of hydrogen-bond donors (Lipinski definition) is 1. The van der Waals surface area contributed by atoms with Gasteiger partial charge in [0.05, 0.1) is 6.61 Å². The van der Waals surface area contributed by atoms with Gasteiger partial charge in [-0.1, -0.05) is 31.0 Å². The number of hydrogen-bond acceptors (Lipinski definition) is 4. The van der Waals surface area contributed by atoms with Crippen LogP contribution in [0.25, 0.3) is 0 Å². The molecule has 0 bridgehead atoms. The van der Waals surface area contributed by atoms with E-state index in [2.05, 4.69) is 5.32 Å². The molecular weight excluding hydrogens is 238 g/mol. The summed E-state index contributed by atoms with van der Waals surface area (Å²) < 4.78 is 10.6. The van der Waals surface area contributed by atoms with E-state index in [0.29, 0.717) is 17.5 Å². The third-order valence-corrected chi connectivity index (χ3v) is 4.04. The van der Waals surface area contributed by atoms with E-state index in [1.807, 2.05) is 6.92 Å². The summed E-state index contributed by atoms with van der Waals surface area (Å²) in [6, 6.07) is 0.284. The molecule has 1 aliphatic heterocycles. The molecular formula is C12H19NO3S. The van der Waals surface area contributed by atoms with Gasteiger partial charge in [-0.3, -0.25) is 0 Å². The average Bonchev–Trinajstić information content (AvgIpc) is 2.33. The molecule has 1 heterocycles. The SMILES string of the molecule is CC1=C(OC(=O)NC2CCCCC2)SCCO1. The van der Waals surface area contributed by atoms with Crippen LogP contribution in [0.4, 0.5) is 4.79 Å². The third kappa shape index (κ3) is 3.84. The maximum atomic E-state index is 11.7. The Kier molecular flexibility index (Phi) is 4.59. The molecule has 0 spiro atoms. The van der Waals surface area contributed by atoms with Gasteiger partial charge in [0.2, 0.25) is 5.09 Å². The summed E-state index contributed by atoms with van der Waals surface area (Å²) in [6.45, 7) is 2.52. The Morgan fingerprint density at radius 1 is 1.41 bits per heavy atom. The smallest absolute Gasteiger partial charge is 0.413 e. The van der Waals surface area contributed by atoms with Crippen molar-refractivity contribution in [2.45, 2.75) is 45.1 Å². The van der Waals surface area contributed by atoms with Crippen LogP contribution < -0.4 is 5.32 Å². The monoisotopic (exact) mass is 257 g/mol. The highest BCUT2D eigenvalue weighted by molar-refractivity contribution is 8.02. The Morgan fingerprint density at radius 3 is 2.88 bits per heavy atom. The Hall–Kier alpha value is -0.840. The Labute approximate surface area is 106 Å². The maximum absolute atomic E-state index is 11.7. The van der Waals surface area contributed by atoms with Crippen molar-refractivity contribution in [3.8, 4) is 0 Å². The van der Waals surface area contributed by atoms with Gasteiger partial charge in [-0.2, -0.15) is 0 Å². The van der Waals surface area contributed by atoms with Crippen LogP contribution in [0.5, 0.6) is 0 Å². The molecule has 1 amide bonds. The number of nitrogens with one attached hydrogen (secondary N) is 1. The quantitative estimate of drug-likeness (QED) is 0.826. The van der Waals surface area contributed by atoms with Gasteiger partial charge >= 0.3 is 6.09 Å².